The maximum absolute atomic E-state index is 13.6. The Morgan fingerprint density at radius 2 is 1.76 bits per heavy atom. The highest BCUT2D eigenvalue weighted by atomic mass is 16.5. The number of aryl methyl sites for hydroxylation is 2. The van der Waals surface area contributed by atoms with Gasteiger partial charge in [-0.05, 0) is 66.9 Å². The summed E-state index contributed by atoms with van der Waals surface area (Å²) >= 11 is 0. The number of rotatable bonds is 7. The number of hydrogen-bond donors (Lipinski definition) is 0. The van der Waals surface area contributed by atoms with Crippen LogP contribution in [-0.4, -0.2) is 44.4 Å². The molecular formula is C28H31N3O3. The average molecular weight is 458 g/mol. The van der Waals surface area contributed by atoms with Crippen molar-refractivity contribution in [1.29, 1.82) is 0 Å². The van der Waals surface area contributed by atoms with E-state index in [0.717, 1.165) is 22.5 Å². The van der Waals surface area contributed by atoms with Gasteiger partial charge in [0.2, 0.25) is 0 Å². The van der Waals surface area contributed by atoms with Gasteiger partial charge in [0.1, 0.15) is 11.5 Å². The van der Waals surface area contributed by atoms with Gasteiger partial charge in [0.15, 0.2) is 0 Å². The molecule has 1 heterocycles. The van der Waals surface area contributed by atoms with Crippen molar-refractivity contribution in [3.05, 3.63) is 89.0 Å². The summed E-state index contributed by atoms with van der Waals surface area (Å²) in [7, 11) is 5.19. The van der Waals surface area contributed by atoms with E-state index in [1.807, 2.05) is 60.5 Å². The first-order valence-corrected chi connectivity index (χ1v) is 11.4. The van der Waals surface area contributed by atoms with Gasteiger partial charge in [-0.3, -0.25) is 4.79 Å². The number of methoxy groups -OCH3 is 2. The molecular weight excluding hydrogens is 426 g/mol. The van der Waals surface area contributed by atoms with Crippen LogP contribution < -0.4 is 14.4 Å². The van der Waals surface area contributed by atoms with E-state index in [1.54, 1.807) is 19.2 Å². The molecule has 176 valence electrons. The molecule has 1 atom stereocenters. The summed E-state index contributed by atoms with van der Waals surface area (Å²) in [6.45, 7) is 4.39. The van der Waals surface area contributed by atoms with E-state index in [2.05, 4.69) is 32.0 Å². The lowest BCUT2D eigenvalue weighted by molar-refractivity contribution is -0.131. The van der Waals surface area contributed by atoms with Crippen molar-refractivity contribution >= 4 is 17.3 Å². The van der Waals surface area contributed by atoms with Crippen molar-refractivity contribution in [2.24, 2.45) is 5.10 Å². The number of carbonyl (C=O) groups excluding carboxylic acids is 1. The molecule has 3 aromatic rings. The average Bonchev–Trinajstić information content (AvgIpc) is 3.31. The van der Waals surface area contributed by atoms with E-state index in [4.69, 9.17) is 14.6 Å². The fraction of sp³-hybridized carbons (Fsp3) is 0.286. The van der Waals surface area contributed by atoms with Gasteiger partial charge in [-0.15, -0.1) is 0 Å². The predicted octanol–water partition coefficient (Wildman–Crippen LogP) is 5.13. The molecule has 0 saturated carbocycles. The zero-order valence-electron chi connectivity index (χ0n) is 20.4. The lowest BCUT2D eigenvalue weighted by Gasteiger charge is -2.26. The van der Waals surface area contributed by atoms with Gasteiger partial charge in [0.05, 0.1) is 32.5 Å². The Balaban J connectivity index is 1.71. The molecule has 1 aliphatic heterocycles. The first kappa shape index (κ1) is 23.4. The fourth-order valence-electron chi connectivity index (χ4n) is 4.23. The number of hydrogen-bond acceptors (Lipinski definition) is 5. The Labute approximate surface area is 201 Å². The maximum atomic E-state index is 13.6. The van der Waals surface area contributed by atoms with Crippen LogP contribution in [0.25, 0.3) is 0 Å². The van der Waals surface area contributed by atoms with Crippen LogP contribution in [0.5, 0.6) is 11.5 Å². The van der Waals surface area contributed by atoms with E-state index in [0.29, 0.717) is 17.9 Å². The topological polar surface area (TPSA) is 54.4 Å². The molecule has 0 aromatic heterocycles. The molecule has 0 aliphatic carbocycles. The highest BCUT2D eigenvalue weighted by molar-refractivity contribution is 6.03. The monoisotopic (exact) mass is 457 g/mol. The third-order valence-electron chi connectivity index (χ3n) is 6.37. The van der Waals surface area contributed by atoms with Gasteiger partial charge >= 0.3 is 0 Å². The third kappa shape index (κ3) is 4.76. The summed E-state index contributed by atoms with van der Waals surface area (Å²) in [5, 5.41) is 6.45. The van der Waals surface area contributed by atoms with Crippen LogP contribution in [0.15, 0.2) is 71.8 Å². The minimum Gasteiger partial charge on any atom is -0.497 e. The predicted molar refractivity (Wildman–Crippen MR) is 136 cm³/mol. The van der Waals surface area contributed by atoms with Crippen LogP contribution in [0.2, 0.25) is 0 Å². The second-order valence-corrected chi connectivity index (χ2v) is 8.60. The molecule has 0 spiro atoms. The van der Waals surface area contributed by atoms with Crippen LogP contribution in [0.1, 0.15) is 34.7 Å². The third-order valence-corrected chi connectivity index (χ3v) is 6.37. The van der Waals surface area contributed by atoms with E-state index >= 15 is 0 Å². The first-order valence-electron chi connectivity index (χ1n) is 11.4. The van der Waals surface area contributed by atoms with Crippen molar-refractivity contribution in [2.75, 3.05) is 32.7 Å². The summed E-state index contributed by atoms with van der Waals surface area (Å²) in [6.07, 6.45) is 0.590. The van der Waals surface area contributed by atoms with Gasteiger partial charge in [0.25, 0.3) is 5.91 Å². The lowest BCUT2D eigenvalue weighted by Crippen LogP contribution is -2.36. The van der Waals surface area contributed by atoms with Gasteiger partial charge < -0.3 is 14.4 Å². The number of hydrazone groups is 1. The zero-order valence-corrected chi connectivity index (χ0v) is 20.4. The van der Waals surface area contributed by atoms with Crippen LogP contribution in [-0.2, 0) is 4.79 Å². The smallest absolute Gasteiger partial charge is 0.262 e. The minimum absolute atomic E-state index is 0.0833. The highest BCUT2D eigenvalue weighted by Crippen LogP contribution is 2.39. The quantitative estimate of drug-likeness (QED) is 0.493. The Bertz CT molecular complexity index is 1210. The fourth-order valence-corrected chi connectivity index (χ4v) is 4.23. The molecule has 0 bridgehead atoms. The van der Waals surface area contributed by atoms with Crippen LogP contribution in [0.3, 0.4) is 0 Å². The molecule has 4 rings (SSSR count). The lowest BCUT2D eigenvalue weighted by atomic mass is 9.95. The van der Waals surface area contributed by atoms with E-state index in [9.17, 15) is 4.79 Å². The first-order chi connectivity index (χ1) is 16.4. The molecule has 6 heteroatoms. The maximum Gasteiger partial charge on any atom is 0.262 e. The molecule has 1 unspecified atom stereocenters. The van der Waals surface area contributed by atoms with Crippen molar-refractivity contribution < 1.29 is 14.3 Å². The van der Waals surface area contributed by atoms with Crippen molar-refractivity contribution in [1.82, 2.24) is 5.01 Å². The number of para-hydroxylation sites is 1. The molecule has 0 fully saturated rings. The second kappa shape index (κ2) is 10.00. The summed E-state index contributed by atoms with van der Waals surface area (Å²) in [4.78, 5) is 15.5. The van der Waals surface area contributed by atoms with Gasteiger partial charge in [-0.25, -0.2) is 5.01 Å². The Kier molecular flexibility index (Phi) is 6.87. The molecule has 6 nitrogen and oxygen atoms in total. The molecule has 0 N–H and O–H groups in total. The molecule has 0 radical (unpaired) electrons. The minimum atomic E-state index is -0.293. The SMILES string of the molecule is COc1ccc(OC)c(C2CC(c3ccc(C)c(C)c3)=NN2C(=O)CN(C)c2ccccc2)c1. The number of benzene rings is 3. The summed E-state index contributed by atoms with van der Waals surface area (Å²) < 4.78 is 11.1. The second-order valence-electron chi connectivity index (χ2n) is 8.60. The number of carbonyl (C=O) groups is 1. The van der Waals surface area contributed by atoms with Crippen molar-refractivity contribution in [3.8, 4) is 11.5 Å². The number of ether oxygens (including phenoxy) is 2. The van der Waals surface area contributed by atoms with E-state index in [-0.39, 0.29) is 18.5 Å². The zero-order chi connectivity index (χ0) is 24.2. The Morgan fingerprint density at radius 1 is 1.00 bits per heavy atom. The van der Waals surface area contributed by atoms with Crippen LogP contribution >= 0.6 is 0 Å². The normalized spacial score (nSPS) is 15.1. The Morgan fingerprint density at radius 3 is 2.44 bits per heavy atom. The van der Waals surface area contributed by atoms with Crippen LogP contribution in [0, 0.1) is 13.8 Å². The van der Waals surface area contributed by atoms with Crippen LogP contribution in [0.4, 0.5) is 5.69 Å². The largest absolute Gasteiger partial charge is 0.497 e. The summed E-state index contributed by atoms with van der Waals surface area (Å²) in [5.41, 5.74) is 6.19. The highest BCUT2D eigenvalue weighted by Gasteiger charge is 2.35. The molecule has 3 aromatic carbocycles. The van der Waals surface area contributed by atoms with Crippen molar-refractivity contribution in [2.45, 2.75) is 26.3 Å². The number of amides is 1. The Hall–Kier alpha value is -3.80. The molecule has 34 heavy (non-hydrogen) atoms. The summed E-state index contributed by atoms with van der Waals surface area (Å²) in [5.74, 6) is 1.33. The molecule has 1 aliphatic rings. The van der Waals surface area contributed by atoms with Crippen molar-refractivity contribution in [3.63, 3.8) is 0 Å². The van der Waals surface area contributed by atoms with Gasteiger partial charge in [-0.2, -0.15) is 5.10 Å². The molecule has 1 amide bonds. The van der Waals surface area contributed by atoms with E-state index in [1.165, 1.54) is 11.1 Å². The van der Waals surface area contributed by atoms with Gasteiger partial charge in [0, 0.05) is 24.7 Å². The molecule has 0 saturated heterocycles. The van der Waals surface area contributed by atoms with E-state index < -0.39 is 0 Å². The standard InChI is InChI=1S/C28H31N3O3/c1-19-11-12-21(15-20(19)2)25-17-26(24-16-23(33-4)13-14-27(24)34-5)31(29-25)28(32)18-30(3)22-9-7-6-8-10-22/h6-16,26H,17-18H2,1-5H3. The summed E-state index contributed by atoms with van der Waals surface area (Å²) in [6, 6.07) is 21.6. The number of anilines is 1. The number of nitrogens with zero attached hydrogens (tertiary/aromatic N) is 3. The van der Waals surface area contributed by atoms with Gasteiger partial charge in [-0.1, -0.05) is 30.3 Å². The number of likely N-dealkylation sites (N-methyl/N-ethyl adjacent to an activating group) is 1.